The lowest BCUT2D eigenvalue weighted by Crippen LogP contribution is -2.41. The predicted octanol–water partition coefficient (Wildman–Crippen LogP) is 4.80. The largest absolute Gasteiger partial charge is 0.488 e. The summed E-state index contributed by atoms with van der Waals surface area (Å²) in [6.45, 7) is 0.112. The van der Waals surface area contributed by atoms with Crippen molar-refractivity contribution in [3.05, 3.63) is 71.2 Å². The van der Waals surface area contributed by atoms with E-state index in [-0.39, 0.29) is 24.4 Å². The van der Waals surface area contributed by atoms with Crippen LogP contribution < -0.4 is 10.1 Å². The number of halogens is 1. The van der Waals surface area contributed by atoms with Gasteiger partial charge in [-0.05, 0) is 43.3 Å². The van der Waals surface area contributed by atoms with Crippen molar-refractivity contribution in [2.75, 3.05) is 0 Å². The number of amides is 1. The highest BCUT2D eigenvalue weighted by Crippen LogP contribution is 2.28. The average molecular weight is 411 g/mol. The van der Waals surface area contributed by atoms with Crippen molar-refractivity contribution in [1.29, 1.82) is 0 Å². The number of nitrogens with zero attached hydrogens (tertiary/aromatic N) is 1. The maximum atomic E-state index is 13.9. The maximum absolute atomic E-state index is 13.9. The third-order valence-electron chi connectivity index (χ3n) is 5.41. The monoisotopic (exact) mass is 410 g/mol. The van der Waals surface area contributed by atoms with Crippen molar-refractivity contribution in [2.45, 2.75) is 44.8 Å². The van der Waals surface area contributed by atoms with E-state index in [0.717, 1.165) is 31.2 Å². The molecule has 1 heterocycles. The van der Waals surface area contributed by atoms with E-state index in [1.807, 2.05) is 24.3 Å². The minimum Gasteiger partial charge on any atom is -0.488 e. The van der Waals surface area contributed by atoms with Gasteiger partial charge >= 0.3 is 0 Å². The van der Waals surface area contributed by atoms with Gasteiger partial charge in [0.2, 0.25) is 0 Å². The molecule has 1 aliphatic heterocycles. The molecule has 6 heteroatoms. The van der Waals surface area contributed by atoms with Crippen molar-refractivity contribution < 1.29 is 13.9 Å². The Morgan fingerprint density at radius 2 is 1.83 bits per heavy atom. The van der Waals surface area contributed by atoms with E-state index in [9.17, 15) is 9.18 Å². The quantitative estimate of drug-likeness (QED) is 0.568. The number of carbonyl (C=O) groups excluding carboxylic acids is 1. The van der Waals surface area contributed by atoms with Gasteiger partial charge in [0.1, 0.15) is 23.9 Å². The van der Waals surface area contributed by atoms with Gasteiger partial charge in [-0.25, -0.2) is 4.39 Å². The molecule has 150 valence electrons. The number of benzene rings is 2. The molecule has 0 bridgehead atoms. The van der Waals surface area contributed by atoms with Crippen LogP contribution in [0.3, 0.4) is 0 Å². The van der Waals surface area contributed by atoms with E-state index >= 15 is 0 Å². The number of hydrogen-bond acceptors (Lipinski definition) is 3. The summed E-state index contributed by atoms with van der Waals surface area (Å²) in [6.07, 6.45) is 7.21. The number of hydrogen-bond donors (Lipinski definition) is 1. The summed E-state index contributed by atoms with van der Waals surface area (Å²) < 4.78 is 19.7. The number of thiocarbonyl (C=S) groups is 1. The van der Waals surface area contributed by atoms with Gasteiger partial charge in [-0.1, -0.05) is 55.7 Å². The lowest BCUT2D eigenvalue weighted by Gasteiger charge is -2.29. The van der Waals surface area contributed by atoms with Crippen molar-refractivity contribution in [1.82, 2.24) is 10.2 Å². The van der Waals surface area contributed by atoms with Gasteiger partial charge in [-0.2, -0.15) is 0 Å². The van der Waals surface area contributed by atoms with E-state index < -0.39 is 0 Å². The van der Waals surface area contributed by atoms with Gasteiger partial charge in [0, 0.05) is 17.2 Å². The summed E-state index contributed by atoms with van der Waals surface area (Å²) in [5.74, 6) is 0.190. The zero-order valence-corrected chi connectivity index (χ0v) is 16.9. The van der Waals surface area contributed by atoms with Crippen LogP contribution >= 0.6 is 12.2 Å². The van der Waals surface area contributed by atoms with E-state index in [2.05, 4.69) is 5.32 Å². The zero-order valence-electron chi connectivity index (χ0n) is 16.1. The first-order valence-electron chi connectivity index (χ1n) is 9.95. The predicted molar refractivity (Wildman–Crippen MR) is 115 cm³/mol. The third-order valence-corrected chi connectivity index (χ3v) is 5.71. The van der Waals surface area contributed by atoms with Gasteiger partial charge < -0.3 is 10.1 Å². The fourth-order valence-electron chi connectivity index (χ4n) is 3.88. The summed E-state index contributed by atoms with van der Waals surface area (Å²) >= 11 is 5.43. The molecule has 0 spiro atoms. The number of nitrogens with one attached hydrogen (secondary N) is 1. The van der Waals surface area contributed by atoms with Crippen molar-refractivity contribution in [2.24, 2.45) is 0 Å². The second-order valence-electron chi connectivity index (χ2n) is 7.37. The summed E-state index contributed by atoms with van der Waals surface area (Å²) in [4.78, 5) is 14.7. The summed E-state index contributed by atoms with van der Waals surface area (Å²) in [7, 11) is 0. The minimum atomic E-state index is -0.301. The fraction of sp³-hybridized carbons (Fsp3) is 0.304. The van der Waals surface area contributed by atoms with Crippen LogP contribution in [0, 0.1) is 5.82 Å². The van der Waals surface area contributed by atoms with Gasteiger partial charge in [0.25, 0.3) is 5.91 Å². The lowest BCUT2D eigenvalue weighted by molar-refractivity contribution is -0.124. The summed E-state index contributed by atoms with van der Waals surface area (Å²) in [5, 5.41) is 3.53. The molecule has 1 saturated carbocycles. The average Bonchev–Trinajstić information content (AvgIpc) is 3.02. The molecule has 0 radical (unpaired) electrons. The third kappa shape index (κ3) is 4.32. The van der Waals surface area contributed by atoms with Crippen molar-refractivity contribution >= 4 is 29.3 Å². The van der Waals surface area contributed by atoms with Crippen LogP contribution in [-0.4, -0.2) is 22.0 Å². The molecular formula is C23H23FN2O2S. The van der Waals surface area contributed by atoms with Crippen LogP contribution in [0.4, 0.5) is 4.39 Å². The molecule has 2 fully saturated rings. The standard InChI is InChI=1S/C23H23FN2O2S/c24-19-12-6-4-9-17(19)15-28-21-13-7-5-8-16(21)14-20-22(27)26(23(29)25-20)18-10-2-1-3-11-18/h4-9,12-14,18H,1-3,10-11,15H2,(H,25,29)/b20-14-. The number of carbonyl (C=O) groups is 1. The lowest BCUT2D eigenvalue weighted by atomic mass is 9.94. The van der Waals surface area contributed by atoms with E-state index in [4.69, 9.17) is 17.0 Å². The van der Waals surface area contributed by atoms with Gasteiger partial charge in [-0.15, -0.1) is 0 Å². The molecule has 2 aliphatic rings. The highest BCUT2D eigenvalue weighted by molar-refractivity contribution is 7.80. The Labute approximate surface area is 175 Å². The first-order chi connectivity index (χ1) is 14.1. The van der Waals surface area contributed by atoms with E-state index in [0.29, 0.717) is 22.1 Å². The van der Waals surface area contributed by atoms with Crippen LogP contribution in [-0.2, 0) is 11.4 Å². The molecule has 0 unspecified atom stereocenters. The molecule has 1 N–H and O–H groups in total. The molecule has 2 aromatic rings. The molecule has 4 rings (SSSR count). The Balaban J connectivity index is 1.53. The smallest absolute Gasteiger partial charge is 0.276 e. The molecule has 0 atom stereocenters. The van der Waals surface area contributed by atoms with Crippen LogP contribution in [0.2, 0.25) is 0 Å². The van der Waals surface area contributed by atoms with Crippen molar-refractivity contribution in [3.63, 3.8) is 0 Å². The van der Waals surface area contributed by atoms with Crippen molar-refractivity contribution in [3.8, 4) is 5.75 Å². The van der Waals surface area contributed by atoms with Gasteiger partial charge in [0.15, 0.2) is 5.11 Å². The van der Waals surface area contributed by atoms with Crippen LogP contribution in [0.15, 0.2) is 54.2 Å². The molecule has 1 amide bonds. The van der Waals surface area contributed by atoms with E-state index in [1.165, 1.54) is 12.5 Å². The molecule has 1 saturated heterocycles. The SMILES string of the molecule is O=C1/C(=C/c2ccccc2OCc2ccccc2F)NC(=S)N1C1CCCCC1. The first-order valence-corrected chi connectivity index (χ1v) is 10.4. The Hall–Kier alpha value is -2.73. The van der Waals surface area contributed by atoms with E-state index in [1.54, 1.807) is 29.2 Å². The molecule has 29 heavy (non-hydrogen) atoms. The molecule has 2 aromatic carbocycles. The van der Waals surface area contributed by atoms with Gasteiger partial charge in [0.05, 0.1) is 0 Å². The minimum absolute atomic E-state index is 0.0918. The van der Waals surface area contributed by atoms with Crippen LogP contribution in [0.1, 0.15) is 43.2 Å². The molecule has 1 aliphatic carbocycles. The zero-order chi connectivity index (χ0) is 20.2. The summed E-state index contributed by atoms with van der Waals surface area (Å²) in [5.41, 5.74) is 1.67. The van der Waals surface area contributed by atoms with Crippen LogP contribution in [0.25, 0.3) is 6.08 Å². The Morgan fingerprint density at radius 1 is 1.10 bits per heavy atom. The second-order valence-corrected chi connectivity index (χ2v) is 7.76. The molecule has 4 nitrogen and oxygen atoms in total. The second kappa shape index (κ2) is 8.74. The summed E-state index contributed by atoms with van der Waals surface area (Å²) in [6, 6.07) is 14.1. The number of para-hydroxylation sites is 1. The molecule has 0 aromatic heterocycles. The number of rotatable bonds is 5. The Kier molecular flexibility index (Phi) is 5.90. The Bertz CT molecular complexity index is 953. The highest BCUT2D eigenvalue weighted by Gasteiger charge is 2.36. The normalized spacial score (nSPS) is 18.9. The molecular weight excluding hydrogens is 387 g/mol. The van der Waals surface area contributed by atoms with Crippen LogP contribution in [0.5, 0.6) is 5.75 Å². The highest BCUT2D eigenvalue weighted by atomic mass is 32.1. The first kappa shape index (κ1) is 19.6. The topological polar surface area (TPSA) is 41.6 Å². The maximum Gasteiger partial charge on any atom is 0.276 e. The fourth-order valence-corrected chi connectivity index (χ4v) is 4.22. The Morgan fingerprint density at radius 3 is 2.62 bits per heavy atom. The van der Waals surface area contributed by atoms with Gasteiger partial charge in [-0.3, -0.25) is 9.69 Å². The number of ether oxygens (including phenoxy) is 1.